The van der Waals surface area contributed by atoms with Crippen LogP contribution < -0.4 is 30.1 Å². The molecule has 0 bridgehead atoms. The highest BCUT2D eigenvalue weighted by molar-refractivity contribution is 6.31. The summed E-state index contributed by atoms with van der Waals surface area (Å²) in [6.45, 7) is 11.3. The molecular weight excluding hydrogens is 367 g/mol. The topological polar surface area (TPSA) is 28.4 Å². The molecule has 0 saturated carbocycles. The van der Waals surface area contributed by atoms with E-state index in [0.717, 1.165) is 60.4 Å². The van der Waals surface area contributed by atoms with Crippen molar-refractivity contribution in [3.05, 3.63) is 46.7 Å². The lowest BCUT2D eigenvalue weighted by Crippen LogP contribution is -3.00. The Bertz CT molecular complexity index is 598. The minimum atomic E-state index is 0. The van der Waals surface area contributed by atoms with Gasteiger partial charge >= 0.3 is 0 Å². The van der Waals surface area contributed by atoms with Gasteiger partial charge in [0.25, 0.3) is 0 Å². The number of halogens is 3. The predicted molar refractivity (Wildman–Crippen MR) is 93.4 cm³/mol. The molecule has 1 heterocycles. The molecule has 0 amide bonds. The van der Waals surface area contributed by atoms with Crippen molar-refractivity contribution in [2.75, 3.05) is 26.2 Å². The van der Waals surface area contributed by atoms with Gasteiger partial charge in [0.1, 0.15) is 11.5 Å². The maximum atomic E-state index is 6.17. The first-order valence-corrected chi connectivity index (χ1v) is 8.30. The van der Waals surface area contributed by atoms with Gasteiger partial charge in [-0.15, -0.1) is 0 Å². The van der Waals surface area contributed by atoms with Crippen LogP contribution in [0.4, 0.5) is 0 Å². The van der Waals surface area contributed by atoms with Gasteiger partial charge in [0.15, 0.2) is 0 Å². The molecule has 0 aliphatic carbocycles. The second-order valence-electron chi connectivity index (χ2n) is 5.43. The van der Waals surface area contributed by atoms with Crippen LogP contribution >= 0.6 is 11.6 Å². The van der Waals surface area contributed by atoms with Crippen LogP contribution in [0.15, 0.2) is 34.7 Å². The third-order valence-electron chi connectivity index (χ3n) is 3.92. The highest BCUT2D eigenvalue weighted by atomic mass is 35.5. The standard InChI is InChI=1S/C18H25ClN2O.2ClH/c1-4-21(5-2)11-10-20-13-16-8-9-18(22-16)15-7-6-14(3)17(19)12-15;;/h6-9,12,20H,4-5,10-11,13H2,1-3H3;2*1H/p-2. The van der Waals surface area contributed by atoms with E-state index < -0.39 is 0 Å². The van der Waals surface area contributed by atoms with Gasteiger partial charge in [-0.2, -0.15) is 0 Å². The average molecular weight is 392 g/mol. The molecule has 3 nitrogen and oxygen atoms in total. The zero-order chi connectivity index (χ0) is 15.9. The van der Waals surface area contributed by atoms with Crippen LogP contribution in [0, 0.1) is 6.92 Å². The van der Waals surface area contributed by atoms with Crippen LogP contribution in [0.5, 0.6) is 0 Å². The number of rotatable bonds is 8. The summed E-state index contributed by atoms with van der Waals surface area (Å²) >= 11 is 6.17. The molecule has 0 saturated heterocycles. The molecule has 1 N–H and O–H groups in total. The highest BCUT2D eigenvalue weighted by Crippen LogP contribution is 2.26. The third kappa shape index (κ3) is 6.66. The molecule has 0 unspecified atom stereocenters. The number of aryl methyl sites for hydroxylation is 1. The van der Waals surface area contributed by atoms with E-state index in [1.807, 2.05) is 37.3 Å². The maximum Gasteiger partial charge on any atom is 0.134 e. The monoisotopic (exact) mass is 390 g/mol. The van der Waals surface area contributed by atoms with Crippen LogP contribution in [0.25, 0.3) is 11.3 Å². The summed E-state index contributed by atoms with van der Waals surface area (Å²) in [6.07, 6.45) is 0. The van der Waals surface area contributed by atoms with Crippen LogP contribution in [0.3, 0.4) is 0 Å². The molecule has 0 fully saturated rings. The Hall–Kier alpha value is -0.710. The normalized spacial score (nSPS) is 10.4. The zero-order valence-corrected chi connectivity index (χ0v) is 16.7. The van der Waals surface area contributed by atoms with Crippen molar-refractivity contribution in [2.45, 2.75) is 27.3 Å². The molecule has 6 heteroatoms. The Labute approximate surface area is 162 Å². The van der Waals surface area contributed by atoms with Crippen molar-refractivity contribution in [2.24, 2.45) is 0 Å². The van der Waals surface area contributed by atoms with Gasteiger partial charge in [-0.3, -0.25) is 0 Å². The van der Waals surface area contributed by atoms with Crippen LogP contribution in [0.1, 0.15) is 25.2 Å². The Morgan fingerprint density at radius 3 is 2.42 bits per heavy atom. The molecule has 0 aliphatic rings. The first-order chi connectivity index (χ1) is 10.6. The molecule has 0 radical (unpaired) electrons. The van der Waals surface area contributed by atoms with Gasteiger partial charge in [0.2, 0.25) is 0 Å². The van der Waals surface area contributed by atoms with E-state index in [2.05, 4.69) is 24.1 Å². The molecule has 0 spiro atoms. The summed E-state index contributed by atoms with van der Waals surface area (Å²) in [5.41, 5.74) is 2.10. The molecule has 1 aromatic carbocycles. The maximum absolute atomic E-state index is 6.17. The van der Waals surface area contributed by atoms with E-state index in [1.54, 1.807) is 0 Å². The number of hydrogen-bond acceptors (Lipinski definition) is 3. The number of nitrogens with one attached hydrogen (secondary N) is 1. The van der Waals surface area contributed by atoms with Crippen LogP contribution in [-0.4, -0.2) is 31.1 Å². The summed E-state index contributed by atoms with van der Waals surface area (Å²) < 4.78 is 5.89. The summed E-state index contributed by atoms with van der Waals surface area (Å²) in [5, 5.41) is 4.20. The van der Waals surface area contributed by atoms with Gasteiger partial charge in [0.05, 0.1) is 6.54 Å². The average Bonchev–Trinajstić information content (AvgIpc) is 2.99. The van der Waals surface area contributed by atoms with E-state index in [9.17, 15) is 0 Å². The lowest BCUT2D eigenvalue weighted by molar-refractivity contribution is -0.001000. The van der Waals surface area contributed by atoms with E-state index in [4.69, 9.17) is 16.0 Å². The van der Waals surface area contributed by atoms with E-state index in [-0.39, 0.29) is 24.8 Å². The van der Waals surface area contributed by atoms with Crippen molar-refractivity contribution in [1.29, 1.82) is 0 Å². The fourth-order valence-corrected chi connectivity index (χ4v) is 2.54. The van der Waals surface area contributed by atoms with Crippen molar-refractivity contribution in [3.63, 3.8) is 0 Å². The quantitative estimate of drug-likeness (QED) is 0.547. The van der Waals surface area contributed by atoms with Gasteiger partial charge in [-0.1, -0.05) is 37.6 Å². The fourth-order valence-electron chi connectivity index (χ4n) is 2.36. The van der Waals surface area contributed by atoms with Gasteiger partial charge in [0, 0.05) is 23.7 Å². The fraction of sp³-hybridized carbons (Fsp3) is 0.444. The Balaban J connectivity index is 0.00000264. The summed E-state index contributed by atoms with van der Waals surface area (Å²) in [7, 11) is 0. The van der Waals surface area contributed by atoms with E-state index in [1.165, 1.54) is 0 Å². The molecule has 0 atom stereocenters. The first-order valence-electron chi connectivity index (χ1n) is 7.92. The minimum absolute atomic E-state index is 0. The molecular formula is C18H25Cl3N2O-2. The van der Waals surface area contributed by atoms with Gasteiger partial charge < -0.3 is 39.4 Å². The molecule has 0 aliphatic heterocycles. The smallest absolute Gasteiger partial charge is 0.134 e. The SMILES string of the molecule is CCN(CC)CCNCc1ccc(-c2ccc(C)c(Cl)c2)o1.[Cl-].[Cl-]. The molecule has 2 aromatic rings. The number of furan rings is 1. The largest absolute Gasteiger partial charge is 1.00 e. The molecule has 1 aromatic heterocycles. The lowest BCUT2D eigenvalue weighted by atomic mass is 10.1. The molecule has 2 rings (SSSR count). The third-order valence-corrected chi connectivity index (χ3v) is 4.32. The predicted octanol–water partition coefficient (Wildman–Crippen LogP) is -1.65. The second-order valence-corrected chi connectivity index (χ2v) is 5.84. The van der Waals surface area contributed by atoms with Gasteiger partial charge in [-0.25, -0.2) is 0 Å². The number of nitrogens with zero attached hydrogens (tertiary/aromatic N) is 1. The highest BCUT2D eigenvalue weighted by Gasteiger charge is 2.06. The first kappa shape index (κ1) is 23.3. The van der Waals surface area contributed by atoms with E-state index in [0.29, 0.717) is 0 Å². The van der Waals surface area contributed by atoms with Crippen LogP contribution in [0.2, 0.25) is 5.02 Å². The van der Waals surface area contributed by atoms with Crippen molar-refractivity contribution in [1.82, 2.24) is 10.2 Å². The number of hydrogen-bond donors (Lipinski definition) is 1. The summed E-state index contributed by atoms with van der Waals surface area (Å²) in [6, 6.07) is 10.0. The van der Waals surface area contributed by atoms with Gasteiger partial charge in [-0.05, 0) is 43.8 Å². The number of benzene rings is 1. The summed E-state index contributed by atoms with van der Waals surface area (Å²) in [4.78, 5) is 2.40. The number of likely N-dealkylation sites (N-methyl/N-ethyl adjacent to an activating group) is 1. The van der Waals surface area contributed by atoms with E-state index >= 15 is 0 Å². The van der Waals surface area contributed by atoms with Crippen molar-refractivity contribution in [3.8, 4) is 11.3 Å². The van der Waals surface area contributed by atoms with Crippen LogP contribution in [-0.2, 0) is 6.54 Å². The zero-order valence-electron chi connectivity index (χ0n) is 14.4. The molecule has 136 valence electrons. The Morgan fingerprint density at radius 2 is 1.79 bits per heavy atom. The van der Waals surface area contributed by atoms with Crippen molar-refractivity contribution < 1.29 is 29.2 Å². The minimum Gasteiger partial charge on any atom is -1.00 e. The second kappa shape index (κ2) is 11.8. The Kier molecular flexibility index (Phi) is 11.4. The lowest BCUT2D eigenvalue weighted by Gasteiger charge is -2.17. The summed E-state index contributed by atoms with van der Waals surface area (Å²) in [5.74, 6) is 1.81. The van der Waals surface area contributed by atoms with Crippen molar-refractivity contribution >= 4 is 11.6 Å². The molecule has 24 heavy (non-hydrogen) atoms. The Morgan fingerprint density at radius 1 is 1.08 bits per heavy atom.